The maximum Gasteiger partial charge on any atom is 0.184 e. The Kier molecular flexibility index (Phi) is 8.75. The van der Waals surface area contributed by atoms with Crippen LogP contribution >= 0.6 is 15.9 Å². The molecule has 0 N–H and O–H groups in total. The van der Waals surface area contributed by atoms with Gasteiger partial charge in [-0.3, -0.25) is 9.59 Å². The zero-order chi connectivity index (χ0) is 14.8. The first-order valence-corrected chi connectivity index (χ1v) is 8.81. The summed E-state index contributed by atoms with van der Waals surface area (Å²) in [5.41, 5.74) is 1.28. The Balaban J connectivity index is 2.07. The molecule has 0 radical (unpaired) electrons. The zero-order valence-corrected chi connectivity index (χ0v) is 14.0. The Morgan fingerprint density at radius 3 is 2.00 bits per heavy atom. The van der Waals surface area contributed by atoms with Gasteiger partial charge in [-0.05, 0) is 38.3 Å². The van der Waals surface area contributed by atoms with Gasteiger partial charge in [0, 0.05) is 16.5 Å². The number of carbonyl (C=O) groups is 2. The first-order chi connectivity index (χ1) is 9.65. The normalized spacial score (nSPS) is 15.3. The maximum atomic E-state index is 11.8. The number of alkyl halides is 1. The van der Waals surface area contributed by atoms with Gasteiger partial charge in [0.15, 0.2) is 11.6 Å². The average molecular weight is 341 g/mol. The highest BCUT2D eigenvalue weighted by molar-refractivity contribution is 9.09. The lowest BCUT2D eigenvalue weighted by Gasteiger charge is -2.10. The lowest BCUT2D eigenvalue weighted by atomic mass is 9.93. The van der Waals surface area contributed by atoms with E-state index in [1.807, 2.05) is 0 Å². The van der Waals surface area contributed by atoms with Crippen LogP contribution in [-0.2, 0) is 9.59 Å². The van der Waals surface area contributed by atoms with Crippen LogP contribution in [0, 0.1) is 0 Å². The molecule has 0 unspecified atom stereocenters. The Labute approximate surface area is 130 Å². The molecule has 0 spiro atoms. The number of unbranched alkanes of at least 4 members (excludes halogenated alkanes) is 7. The van der Waals surface area contributed by atoms with Gasteiger partial charge in [-0.15, -0.1) is 0 Å². The Morgan fingerprint density at radius 2 is 1.40 bits per heavy atom. The van der Waals surface area contributed by atoms with E-state index in [1.54, 1.807) is 6.92 Å². The van der Waals surface area contributed by atoms with Crippen LogP contribution in [0.3, 0.4) is 0 Å². The van der Waals surface area contributed by atoms with E-state index in [2.05, 4.69) is 15.9 Å². The van der Waals surface area contributed by atoms with E-state index in [9.17, 15) is 9.59 Å². The second kappa shape index (κ2) is 10.1. The molecule has 20 heavy (non-hydrogen) atoms. The standard InChI is InChI=1S/C17H25BrO2/c1-14-12-16(19)13-15(17(14)20)10-8-6-4-2-3-5-7-9-11-18/h12-13H,2-11H2,1H3. The largest absolute Gasteiger partial charge is 0.290 e. The molecule has 0 aromatic rings. The molecule has 0 heterocycles. The van der Waals surface area contributed by atoms with Crippen molar-refractivity contribution in [3.8, 4) is 0 Å². The molecule has 1 aliphatic carbocycles. The molecule has 0 atom stereocenters. The lowest BCUT2D eigenvalue weighted by Crippen LogP contribution is -2.12. The minimum absolute atomic E-state index is 0.0381. The van der Waals surface area contributed by atoms with Gasteiger partial charge < -0.3 is 0 Å². The number of Topliss-reactive ketones (excluding diaryl/α,β-unsaturated/α-hetero) is 1. The highest BCUT2D eigenvalue weighted by atomic mass is 79.9. The number of hydrogen-bond acceptors (Lipinski definition) is 2. The second-order valence-corrected chi connectivity index (χ2v) is 6.29. The van der Waals surface area contributed by atoms with E-state index in [0.717, 1.165) is 24.6 Å². The zero-order valence-electron chi connectivity index (χ0n) is 12.4. The molecule has 1 aliphatic rings. The van der Waals surface area contributed by atoms with Crippen LogP contribution in [0.25, 0.3) is 0 Å². The fraction of sp³-hybridized carbons (Fsp3) is 0.647. The van der Waals surface area contributed by atoms with Crippen molar-refractivity contribution in [1.82, 2.24) is 0 Å². The summed E-state index contributed by atoms with van der Waals surface area (Å²) in [5, 5.41) is 1.11. The first-order valence-electron chi connectivity index (χ1n) is 7.68. The number of hydrogen-bond donors (Lipinski definition) is 0. The van der Waals surface area contributed by atoms with Crippen molar-refractivity contribution in [2.24, 2.45) is 0 Å². The van der Waals surface area contributed by atoms with Gasteiger partial charge >= 0.3 is 0 Å². The Bertz CT molecular complexity index is 394. The van der Waals surface area contributed by atoms with Crippen LogP contribution in [0.2, 0.25) is 0 Å². The minimum Gasteiger partial charge on any atom is -0.290 e. The van der Waals surface area contributed by atoms with Gasteiger partial charge in [-0.1, -0.05) is 54.5 Å². The van der Waals surface area contributed by atoms with E-state index in [1.165, 1.54) is 50.7 Å². The van der Waals surface area contributed by atoms with Crippen LogP contribution < -0.4 is 0 Å². The smallest absolute Gasteiger partial charge is 0.184 e. The number of rotatable bonds is 10. The van der Waals surface area contributed by atoms with E-state index in [-0.39, 0.29) is 11.6 Å². The molecule has 2 nitrogen and oxygen atoms in total. The van der Waals surface area contributed by atoms with Gasteiger partial charge in [0.25, 0.3) is 0 Å². The molecule has 3 heteroatoms. The van der Waals surface area contributed by atoms with Crippen LogP contribution in [0.4, 0.5) is 0 Å². The van der Waals surface area contributed by atoms with E-state index in [0.29, 0.717) is 11.1 Å². The molecular weight excluding hydrogens is 316 g/mol. The monoisotopic (exact) mass is 340 g/mol. The summed E-state index contributed by atoms with van der Waals surface area (Å²) in [5.74, 6) is 0.0169. The van der Waals surface area contributed by atoms with Crippen molar-refractivity contribution >= 4 is 27.5 Å². The third-order valence-corrected chi connectivity index (χ3v) is 4.22. The average Bonchev–Trinajstić information content (AvgIpc) is 2.42. The quantitative estimate of drug-likeness (QED) is 0.321. The fourth-order valence-electron chi connectivity index (χ4n) is 2.47. The van der Waals surface area contributed by atoms with Crippen LogP contribution in [0.1, 0.15) is 64.7 Å². The molecule has 0 aromatic heterocycles. The summed E-state index contributed by atoms with van der Waals surface area (Å²) in [6.45, 7) is 1.72. The van der Waals surface area contributed by atoms with Crippen LogP contribution in [0.5, 0.6) is 0 Å². The number of halogens is 1. The van der Waals surface area contributed by atoms with E-state index in [4.69, 9.17) is 0 Å². The van der Waals surface area contributed by atoms with Crippen molar-refractivity contribution < 1.29 is 9.59 Å². The summed E-state index contributed by atoms with van der Waals surface area (Å²) in [7, 11) is 0. The number of allylic oxidation sites excluding steroid dienone is 4. The van der Waals surface area contributed by atoms with Gasteiger partial charge in [-0.25, -0.2) is 0 Å². The molecule has 0 fully saturated rings. The molecule has 1 rings (SSSR count). The lowest BCUT2D eigenvalue weighted by molar-refractivity contribution is -0.115. The molecule has 112 valence electrons. The molecule has 0 saturated heterocycles. The number of ketones is 2. The molecule has 0 bridgehead atoms. The fourth-order valence-corrected chi connectivity index (χ4v) is 2.86. The predicted molar refractivity (Wildman–Crippen MR) is 87.2 cm³/mol. The van der Waals surface area contributed by atoms with Crippen molar-refractivity contribution in [3.05, 3.63) is 23.3 Å². The van der Waals surface area contributed by atoms with Gasteiger partial charge in [0.1, 0.15) is 0 Å². The van der Waals surface area contributed by atoms with Crippen molar-refractivity contribution in [3.63, 3.8) is 0 Å². The van der Waals surface area contributed by atoms with Crippen LogP contribution in [0.15, 0.2) is 23.3 Å². The summed E-state index contributed by atoms with van der Waals surface area (Å²) in [4.78, 5) is 23.2. The van der Waals surface area contributed by atoms with Crippen LogP contribution in [-0.4, -0.2) is 16.9 Å². The summed E-state index contributed by atoms with van der Waals surface area (Å²) in [6.07, 6.45) is 13.6. The summed E-state index contributed by atoms with van der Waals surface area (Å²) >= 11 is 3.44. The summed E-state index contributed by atoms with van der Waals surface area (Å²) in [6, 6.07) is 0. The van der Waals surface area contributed by atoms with Crippen molar-refractivity contribution in [2.75, 3.05) is 5.33 Å². The highest BCUT2D eigenvalue weighted by Crippen LogP contribution is 2.19. The van der Waals surface area contributed by atoms with Gasteiger partial charge in [0.05, 0.1) is 0 Å². The van der Waals surface area contributed by atoms with Crippen molar-refractivity contribution in [1.29, 1.82) is 0 Å². The first kappa shape index (κ1) is 17.4. The highest BCUT2D eigenvalue weighted by Gasteiger charge is 2.17. The predicted octanol–water partition coefficient (Wildman–Crippen LogP) is 4.92. The molecule has 0 aromatic carbocycles. The summed E-state index contributed by atoms with van der Waals surface area (Å²) < 4.78 is 0. The molecule has 0 amide bonds. The third-order valence-electron chi connectivity index (χ3n) is 3.65. The topological polar surface area (TPSA) is 34.1 Å². The van der Waals surface area contributed by atoms with Gasteiger partial charge in [0.2, 0.25) is 0 Å². The van der Waals surface area contributed by atoms with Gasteiger partial charge in [-0.2, -0.15) is 0 Å². The molecular formula is C17H25BrO2. The molecule has 0 aliphatic heterocycles. The molecule has 0 saturated carbocycles. The maximum absolute atomic E-state index is 11.8. The minimum atomic E-state index is -0.0381. The van der Waals surface area contributed by atoms with E-state index < -0.39 is 0 Å². The SMILES string of the molecule is CC1=CC(=O)C=C(CCCCCCCCCCBr)C1=O. The van der Waals surface area contributed by atoms with E-state index >= 15 is 0 Å². The Morgan fingerprint density at radius 1 is 0.850 bits per heavy atom. The second-order valence-electron chi connectivity index (χ2n) is 5.50. The van der Waals surface area contributed by atoms with Crippen molar-refractivity contribution in [2.45, 2.75) is 64.7 Å². The Hall–Kier alpha value is -0.700. The number of carbonyl (C=O) groups excluding carboxylic acids is 2. The third kappa shape index (κ3) is 6.65.